The third-order valence-electron chi connectivity index (χ3n) is 3.29. The number of rotatable bonds is 5. The second-order valence-electron chi connectivity index (χ2n) is 4.92. The maximum atomic E-state index is 11.7. The second-order valence-corrected chi connectivity index (χ2v) is 4.92. The number of hydrogen-bond acceptors (Lipinski definition) is 4. The van der Waals surface area contributed by atoms with E-state index in [-0.39, 0.29) is 5.69 Å². The summed E-state index contributed by atoms with van der Waals surface area (Å²) >= 11 is 0. The summed E-state index contributed by atoms with van der Waals surface area (Å²) in [6, 6.07) is 14.7. The van der Waals surface area contributed by atoms with Gasteiger partial charge in [-0.2, -0.15) is 5.10 Å². The molecule has 3 rings (SSSR count). The van der Waals surface area contributed by atoms with Crippen molar-refractivity contribution in [1.82, 2.24) is 14.8 Å². The molecule has 1 heterocycles. The van der Waals surface area contributed by atoms with Gasteiger partial charge < -0.3 is 9.47 Å². The van der Waals surface area contributed by atoms with Gasteiger partial charge in [0.25, 0.3) is 0 Å². The Morgan fingerprint density at radius 3 is 2.48 bits per heavy atom. The zero-order valence-electron chi connectivity index (χ0n) is 12.9. The molecular formula is C17H17N3O3. The summed E-state index contributed by atoms with van der Waals surface area (Å²) in [5.41, 5.74) is 0.470. The molecule has 0 aliphatic carbocycles. The predicted octanol–water partition coefficient (Wildman–Crippen LogP) is 3.06. The number of nitrogens with one attached hydrogen (secondary N) is 1. The van der Waals surface area contributed by atoms with E-state index >= 15 is 0 Å². The van der Waals surface area contributed by atoms with Gasteiger partial charge in [0.15, 0.2) is 0 Å². The number of H-pyrrole nitrogens is 1. The van der Waals surface area contributed by atoms with Crippen molar-refractivity contribution in [3.05, 3.63) is 64.8 Å². The molecule has 6 nitrogen and oxygen atoms in total. The fraction of sp³-hybridized carbons (Fsp3) is 0.176. The van der Waals surface area contributed by atoms with Crippen LogP contribution in [0.25, 0.3) is 5.69 Å². The monoisotopic (exact) mass is 311 g/mol. The molecule has 2 aromatic carbocycles. The minimum absolute atomic E-state index is 0.263. The van der Waals surface area contributed by atoms with Crippen LogP contribution in [0, 0.1) is 6.92 Å². The summed E-state index contributed by atoms with van der Waals surface area (Å²) in [4.78, 5) is 11.7. The molecule has 0 bridgehead atoms. The fourth-order valence-electron chi connectivity index (χ4n) is 2.27. The van der Waals surface area contributed by atoms with Crippen molar-refractivity contribution in [2.24, 2.45) is 0 Å². The van der Waals surface area contributed by atoms with Gasteiger partial charge in [0.2, 0.25) is 0 Å². The third kappa shape index (κ3) is 3.26. The smallest absolute Gasteiger partial charge is 0.347 e. The summed E-state index contributed by atoms with van der Waals surface area (Å²) in [6.07, 6.45) is 0. The Kier molecular flexibility index (Phi) is 4.14. The molecule has 1 N–H and O–H groups in total. The first-order valence-electron chi connectivity index (χ1n) is 7.32. The molecular weight excluding hydrogens is 294 g/mol. The van der Waals surface area contributed by atoms with E-state index in [0.717, 1.165) is 11.4 Å². The molecule has 0 radical (unpaired) electrons. The lowest BCUT2D eigenvalue weighted by Gasteiger charge is -2.09. The van der Waals surface area contributed by atoms with Crippen LogP contribution in [-0.4, -0.2) is 21.4 Å². The molecule has 118 valence electrons. The van der Waals surface area contributed by atoms with Gasteiger partial charge in [-0.25, -0.2) is 14.5 Å². The standard InChI is InChI=1S/C17H17N3O3/c1-3-22-15-5-4-6-16(11-15)23-14-9-7-13(8-10-14)20-12(2)18-19-17(20)21/h4-11H,3H2,1-2H3,(H,19,21). The lowest BCUT2D eigenvalue weighted by atomic mass is 10.3. The predicted molar refractivity (Wildman–Crippen MR) is 86.6 cm³/mol. The third-order valence-corrected chi connectivity index (χ3v) is 3.29. The molecule has 3 aromatic rings. The zero-order valence-corrected chi connectivity index (χ0v) is 12.9. The fourth-order valence-corrected chi connectivity index (χ4v) is 2.27. The number of nitrogens with zero attached hydrogens (tertiary/aromatic N) is 2. The van der Waals surface area contributed by atoms with Crippen molar-refractivity contribution in [3.63, 3.8) is 0 Å². The molecule has 6 heteroatoms. The van der Waals surface area contributed by atoms with Gasteiger partial charge in [-0.1, -0.05) is 6.07 Å². The van der Waals surface area contributed by atoms with Crippen LogP contribution in [0.1, 0.15) is 12.7 Å². The first-order valence-corrected chi connectivity index (χ1v) is 7.32. The van der Waals surface area contributed by atoms with E-state index in [0.29, 0.717) is 23.9 Å². The first kappa shape index (κ1) is 14.9. The average Bonchev–Trinajstić information content (AvgIpc) is 2.88. The molecule has 0 unspecified atom stereocenters. The molecule has 0 spiro atoms. The van der Waals surface area contributed by atoms with Crippen LogP contribution in [0.15, 0.2) is 53.3 Å². The van der Waals surface area contributed by atoms with Crippen LogP contribution in [-0.2, 0) is 0 Å². The summed E-state index contributed by atoms with van der Waals surface area (Å²) in [5.74, 6) is 2.74. The van der Waals surface area contributed by atoms with Crippen LogP contribution in [0.4, 0.5) is 0 Å². The lowest BCUT2D eigenvalue weighted by Crippen LogP contribution is -2.15. The number of aromatic nitrogens is 3. The van der Waals surface area contributed by atoms with Crippen molar-refractivity contribution in [1.29, 1.82) is 0 Å². The number of hydrogen-bond donors (Lipinski definition) is 1. The van der Waals surface area contributed by atoms with Gasteiger partial charge in [-0.3, -0.25) is 0 Å². The second kappa shape index (κ2) is 6.39. The summed E-state index contributed by atoms with van der Waals surface area (Å²) in [5, 5.41) is 6.31. The molecule has 0 aliphatic rings. The van der Waals surface area contributed by atoms with Crippen LogP contribution in [0.5, 0.6) is 17.2 Å². The van der Waals surface area contributed by atoms with Crippen LogP contribution in [0.3, 0.4) is 0 Å². The maximum Gasteiger partial charge on any atom is 0.347 e. The van der Waals surface area contributed by atoms with E-state index in [9.17, 15) is 4.79 Å². The summed E-state index contributed by atoms with van der Waals surface area (Å²) < 4.78 is 12.8. The quantitative estimate of drug-likeness (QED) is 0.786. The minimum Gasteiger partial charge on any atom is -0.494 e. The number of aryl methyl sites for hydroxylation is 1. The highest BCUT2D eigenvalue weighted by Crippen LogP contribution is 2.26. The lowest BCUT2D eigenvalue weighted by molar-refractivity contribution is 0.338. The van der Waals surface area contributed by atoms with E-state index < -0.39 is 0 Å². The highest BCUT2D eigenvalue weighted by atomic mass is 16.5. The van der Waals surface area contributed by atoms with E-state index in [1.165, 1.54) is 4.57 Å². The van der Waals surface area contributed by atoms with Crippen molar-refractivity contribution in [2.45, 2.75) is 13.8 Å². The van der Waals surface area contributed by atoms with Crippen molar-refractivity contribution < 1.29 is 9.47 Å². The Bertz CT molecular complexity index is 850. The van der Waals surface area contributed by atoms with Gasteiger partial charge >= 0.3 is 5.69 Å². The first-order chi connectivity index (χ1) is 11.2. The van der Waals surface area contributed by atoms with Gasteiger partial charge in [0.05, 0.1) is 12.3 Å². The molecule has 0 saturated heterocycles. The van der Waals surface area contributed by atoms with Gasteiger partial charge in [-0.15, -0.1) is 0 Å². The normalized spacial score (nSPS) is 10.5. The van der Waals surface area contributed by atoms with E-state index in [1.807, 2.05) is 55.5 Å². The Labute approximate surface area is 133 Å². The molecule has 0 fully saturated rings. The van der Waals surface area contributed by atoms with Gasteiger partial charge in [0.1, 0.15) is 23.1 Å². The number of ether oxygens (including phenoxy) is 2. The highest BCUT2D eigenvalue weighted by molar-refractivity contribution is 5.41. The topological polar surface area (TPSA) is 69.1 Å². The van der Waals surface area contributed by atoms with E-state index in [2.05, 4.69) is 10.2 Å². The van der Waals surface area contributed by atoms with Crippen LogP contribution < -0.4 is 15.2 Å². The highest BCUT2D eigenvalue weighted by Gasteiger charge is 2.06. The van der Waals surface area contributed by atoms with Gasteiger partial charge in [0, 0.05) is 6.07 Å². The van der Waals surface area contributed by atoms with Crippen LogP contribution >= 0.6 is 0 Å². The number of benzene rings is 2. The molecule has 0 saturated carbocycles. The minimum atomic E-state index is -0.263. The Morgan fingerprint density at radius 1 is 1.09 bits per heavy atom. The Hall–Kier alpha value is -3.02. The van der Waals surface area contributed by atoms with Crippen molar-refractivity contribution in [3.8, 4) is 22.9 Å². The zero-order chi connectivity index (χ0) is 16.2. The van der Waals surface area contributed by atoms with Gasteiger partial charge in [-0.05, 0) is 50.2 Å². The van der Waals surface area contributed by atoms with Crippen molar-refractivity contribution >= 4 is 0 Å². The Balaban J connectivity index is 1.80. The average molecular weight is 311 g/mol. The molecule has 0 atom stereocenters. The maximum absolute atomic E-state index is 11.7. The Morgan fingerprint density at radius 2 is 1.83 bits per heavy atom. The summed E-state index contributed by atoms with van der Waals surface area (Å²) in [7, 11) is 0. The molecule has 0 aliphatic heterocycles. The van der Waals surface area contributed by atoms with Crippen molar-refractivity contribution in [2.75, 3.05) is 6.61 Å². The van der Waals surface area contributed by atoms with E-state index in [1.54, 1.807) is 6.92 Å². The summed E-state index contributed by atoms with van der Waals surface area (Å²) in [6.45, 7) is 4.31. The van der Waals surface area contributed by atoms with E-state index in [4.69, 9.17) is 9.47 Å². The molecule has 23 heavy (non-hydrogen) atoms. The largest absolute Gasteiger partial charge is 0.494 e. The SMILES string of the molecule is CCOc1cccc(Oc2ccc(-n3c(C)n[nH]c3=O)cc2)c1. The van der Waals surface area contributed by atoms with Crippen LogP contribution in [0.2, 0.25) is 0 Å². The molecule has 0 amide bonds. The number of aromatic amines is 1. The molecule has 1 aromatic heterocycles.